The first-order valence-electron chi connectivity index (χ1n) is 6.20. The van der Waals surface area contributed by atoms with Crippen molar-refractivity contribution in [3.05, 3.63) is 29.3 Å². The van der Waals surface area contributed by atoms with E-state index in [0.717, 1.165) is 18.7 Å². The minimum Gasteiger partial charge on any atom is -0.490 e. The minimum absolute atomic E-state index is 0.469. The predicted molar refractivity (Wildman–Crippen MR) is 67.1 cm³/mol. The summed E-state index contributed by atoms with van der Waals surface area (Å²) in [5.74, 6) is 1.09. The van der Waals surface area contributed by atoms with Crippen LogP contribution >= 0.6 is 0 Å². The van der Waals surface area contributed by atoms with Crippen LogP contribution in [0.15, 0.2) is 18.2 Å². The van der Waals surface area contributed by atoms with E-state index in [1.54, 1.807) is 0 Å². The van der Waals surface area contributed by atoms with E-state index >= 15 is 0 Å². The van der Waals surface area contributed by atoms with Gasteiger partial charge in [-0.25, -0.2) is 0 Å². The number of rotatable bonds is 5. The molecule has 2 heteroatoms. The van der Waals surface area contributed by atoms with Crippen LogP contribution < -0.4 is 10.1 Å². The molecule has 1 aromatic carbocycles. The van der Waals surface area contributed by atoms with Gasteiger partial charge in [0.25, 0.3) is 0 Å². The second kappa shape index (κ2) is 5.35. The van der Waals surface area contributed by atoms with Crippen LogP contribution in [0.2, 0.25) is 0 Å². The Kier molecular flexibility index (Phi) is 3.83. The average molecular weight is 219 g/mol. The lowest BCUT2D eigenvalue weighted by molar-refractivity contribution is 0.119. The van der Waals surface area contributed by atoms with Crippen LogP contribution in [0.4, 0.5) is 0 Å². The SMILES string of the molecule is CNCCc1cc(C)ccc1OC1CCC1. The lowest BCUT2D eigenvalue weighted by Gasteiger charge is -2.27. The van der Waals surface area contributed by atoms with Crippen LogP contribution in [0, 0.1) is 6.92 Å². The van der Waals surface area contributed by atoms with Crippen molar-refractivity contribution < 1.29 is 4.74 Å². The number of hydrogen-bond donors (Lipinski definition) is 1. The molecule has 0 spiro atoms. The normalized spacial score (nSPS) is 15.9. The van der Waals surface area contributed by atoms with Gasteiger partial charge in [-0.15, -0.1) is 0 Å². The van der Waals surface area contributed by atoms with Gasteiger partial charge in [0, 0.05) is 0 Å². The van der Waals surface area contributed by atoms with Gasteiger partial charge in [-0.1, -0.05) is 17.7 Å². The maximum atomic E-state index is 6.01. The molecule has 0 radical (unpaired) electrons. The Hall–Kier alpha value is -1.02. The number of benzene rings is 1. The first-order valence-corrected chi connectivity index (χ1v) is 6.20. The van der Waals surface area contributed by atoms with Crippen LogP contribution in [-0.2, 0) is 6.42 Å². The third kappa shape index (κ3) is 2.76. The molecule has 0 bridgehead atoms. The van der Waals surface area contributed by atoms with E-state index in [2.05, 4.69) is 30.4 Å². The highest BCUT2D eigenvalue weighted by Gasteiger charge is 2.20. The molecule has 16 heavy (non-hydrogen) atoms. The molecule has 0 aromatic heterocycles. The molecule has 1 saturated carbocycles. The van der Waals surface area contributed by atoms with Crippen molar-refractivity contribution in [3.8, 4) is 5.75 Å². The molecule has 1 aromatic rings. The molecule has 0 aliphatic heterocycles. The van der Waals surface area contributed by atoms with Crippen molar-refractivity contribution in [3.63, 3.8) is 0 Å². The molecule has 0 saturated heterocycles. The van der Waals surface area contributed by atoms with E-state index in [9.17, 15) is 0 Å². The maximum absolute atomic E-state index is 6.01. The first kappa shape index (κ1) is 11.5. The Balaban J connectivity index is 2.07. The summed E-state index contributed by atoms with van der Waals surface area (Å²) in [7, 11) is 1.99. The van der Waals surface area contributed by atoms with E-state index in [1.165, 1.54) is 30.4 Å². The van der Waals surface area contributed by atoms with Crippen molar-refractivity contribution >= 4 is 0 Å². The van der Waals surface area contributed by atoms with Crippen LogP contribution in [0.3, 0.4) is 0 Å². The average Bonchev–Trinajstić information content (AvgIpc) is 2.22. The zero-order valence-corrected chi connectivity index (χ0v) is 10.3. The fourth-order valence-corrected chi connectivity index (χ4v) is 1.95. The second-order valence-corrected chi connectivity index (χ2v) is 4.64. The van der Waals surface area contributed by atoms with Gasteiger partial charge in [0.1, 0.15) is 5.75 Å². The zero-order chi connectivity index (χ0) is 11.4. The van der Waals surface area contributed by atoms with Crippen molar-refractivity contribution in [1.82, 2.24) is 5.32 Å². The predicted octanol–water partition coefficient (Wildman–Crippen LogP) is 2.69. The number of hydrogen-bond acceptors (Lipinski definition) is 2. The topological polar surface area (TPSA) is 21.3 Å². The smallest absolute Gasteiger partial charge is 0.122 e. The lowest BCUT2D eigenvalue weighted by atomic mass is 9.96. The van der Waals surface area contributed by atoms with E-state index < -0.39 is 0 Å². The highest BCUT2D eigenvalue weighted by Crippen LogP contribution is 2.28. The van der Waals surface area contributed by atoms with Gasteiger partial charge in [-0.2, -0.15) is 0 Å². The van der Waals surface area contributed by atoms with Crippen LogP contribution in [0.1, 0.15) is 30.4 Å². The standard InChI is InChI=1S/C14H21NO/c1-11-6-7-14(16-13-4-3-5-13)12(10-11)8-9-15-2/h6-7,10,13,15H,3-5,8-9H2,1-2H3. The third-order valence-corrected chi connectivity index (χ3v) is 3.21. The monoisotopic (exact) mass is 219 g/mol. The number of ether oxygens (including phenoxy) is 1. The largest absolute Gasteiger partial charge is 0.490 e. The van der Waals surface area contributed by atoms with Gasteiger partial charge in [0.05, 0.1) is 6.10 Å². The summed E-state index contributed by atoms with van der Waals surface area (Å²) in [6.07, 6.45) is 5.28. The molecule has 2 nitrogen and oxygen atoms in total. The molecular weight excluding hydrogens is 198 g/mol. The molecule has 1 N–H and O–H groups in total. The van der Waals surface area contributed by atoms with Gasteiger partial charge in [-0.05, 0) is 57.8 Å². The van der Waals surface area contributed by atoms with Crippen LogP contribution in [0.5, 0.6) is 5.75 Å². The van der Waals surface area contributed by atoms with Crippen molar-refractivity contribution in [1.29, 1.82) is 0 Å². The van der Waals surface area contributed by atoms with E-state index in [-0.39, 0.29) is 0 Å². The third-order valence-electron chi connectivity index (χ3n) is 3.21. The molecule has 2 rings (SSSR count). The lowest BCUT2D eigenvalue weighted by Crippen LogP contribution is -2.25. The molecule has 88 valence electrons. The zero-order valence-electron chi connectivity index (χ0n) is 10.3. The molecule has 0 unspecified atom stereocenters. The van der Waals surface area contributed by atoms with Gasteiger partial charge < -0.3 is 10.1 Å². The van der Waals surface area contributed by atoms with E-state index in [1.807, 2.05) is 7.05 Å². The summed E-state index contributed by atoms with van der Waals surface area (Å²) >= 11 is 0. The fourth-order valence-electron chi connectivity index (χ4n) is 1.95. The second-order valence-electron chi connectivity index (χ2n) is 4.64. The van der Waals surface area contributed by atoms with Crippen LogP contribution in [0.25, 0.3) is 0 Å². The quantitative estimate of drug-likeness (QED) is 0.822. The van der Waals surface area contributed by atoms with Gasteiger partial charge in [0.2, 0.25) is 0 Å². The van der Waals surface area contributed by atoms with Crippen molar-refractivity contribution in [2.24, 2.45) is 0 Å². The van der Waals surface area contributed by atoms with E-state index in [4.69, 9.17) is 4.74 Å². The Morgan fingerprint density at radius 3 is 2.81 bits per heavy atom. The summed E-state index contributed by atoms with van der Waals surface area (Å²) in [6, 6.07) is 6.50. The van der Waals surface area contributed by atoms with Crippen LogP contribution in [-0.4, -0.2) is 19.7 Å². The van der Waals surface area contributed by atoms with Gasteiger partial charge >= 0.3 is 0 Å². The summed E-state index contributed by atoms with van der Waals surface area (Å²) in [4.78, 5) is 0. The first-order chi connectivity index (χ1) is 7.79. The summed E-state index contributed by atoms with van der Waals surface area (Å²) in [5, 5.41) is 3.19. The fraction of sp³-hybridized carbons (Fsp3) is 0.571. The number of nitrogens with one attached hydrogen (secondary N) is 1. The Bertz CT molecular complexity index is 345. The van der Waals surface area contributed by atoms with Gasteiger partial charge in [0.15, 0.2) is 0 Å². The van der Waals surface area contributed by atoms with Gasteiger partial charge in [-0.3, -0.25) is 0 Å². The molecule has 1 aliphatic rings. The maximum Gasteiger partial charge on any atom is 0.122 e. The molecule has 1 aliphatic carbocycles. The Morgan fingerprint density at radius 2 is 2.19 bits per heavy atom. The highest BCUT2D eigenvalue weighted by molar-refractivity contribution is 5.37. The summed E-state index contributed by atoms with van der Waals surface area (Å²) in [5.41, 5.74) is 2.65. The Labute approximate surface area is 98.0 Å². The summed E-state index contributed by atoms with van der Waals surface area (Å²) < 4.78 is 6.01. The molecule has 0 heterocycles. The molecular formula is C14H21NO. The Morgan fingerprint density at radius 1 is 1.38 bits per heavy atom. The van der Waals surface area contributed by atoms with Crippen molar-refractivity contribution in [2.75, 3.05) is 13.6 Å². The number of aryl methyl sites for hydroxylation is 1. The molecule has 0 amide bonds. The minimum atomic E-state index is 0.469. The highest BCUT2D eigenvalue weighted by atomic mass is 16.5. The number of likely N-dealkylation sites (N-methyl/N-ethyl adjacent to an activating group) is 1. The molecule has 1 fully saturated rings. The van der Waals surface area contributed by atoms with Crippen molar-refractivity contribution in [2.45, 2.75) is 38.7 Å². The molecule has 0 atom stereocenters. The van der Waals surface area contributed by atoms with E-state index in [0.29, 0.717) is 6.10 Å². The summed E-state index contributed by atoms with van der Waals surface area (Å²) in [6.45, 7) is 3.14.